The summed E-state index contributed by atoms with van der Waals surface area (Å²) in [7, 11) is 0. The Balaban J connectivity index is 0. The summed E-state index contributed by atoms with van der Waals surface area (Å²) in [4.78, 5) is 2.38. The van der Waals surface area contributed by atoms with Gasteiger partial charge in [0.2, 0.25) is 0 Å². The topological polar surface area (TPSA) is 26.3 Å². The van der Waals surface area contributed by atoms with E-state index >= 15 is 0 Å². The Labute approximate surface area is 74.2 Å². The van der Waals surface area contributed by atoms with E-state index in [1.54, 1.807) is 12.5 Å². The summed E-state index contributed by atoms with van der Waals surface area (Å²) in [5.41, 5.74) is 0. The molecule has 0 N–H and O–H groups in total. The molecule has 0 saturated heterocycles. The number of hydrogen-bond acceptors (Lipinski definition) is 2. The average Bonchev–Trinajstić information content (AvgIpc) is 1.90. The number of rotatable bonds is 3. The van der Waals surface area contributed by atoms with Crippen molar-refractivity contribution in [3.63, 3.8) is 0 Å². The van der Waals surface area contributed by atoms with Gasteiger partial charge in [-0.05, 0) is 19.6 Å². The molecule has 0 unspecified atom stereocenters. The molecule has 0 aromatic rings. The lowest BCUT2D eigenvalue weighted by Gasteiger charge is -2.13. The SMILES string of the molecule is CCN(CC)CC.C[S+](C)[O-]. The van der Waals surface area contributed by atoms with Crippen molar-refractivity contribution in [3.8, 4) is 0 Å². The lowest BCUT2D eigenvalue weighted by Crippen LogP contribution is -2.21. The van der Waals surface area contributed by atoms with Crippen LogP contribution < -0.4 is 0 Å². The van der Waals surface area contributed by atoms with Crippen molar-refractivity contribution in [3.05, 3.63) is 0 Å². The Morgan fingerprint density at radius 1 is 1.00 bits per heavy atom. The zero-order valence-electron chi connectivity index (χ0n) is 8.39. The molecule has 0 spiro atoms. The second-order valence-electron chi connectivity index (χ2n) is 2.36. The van der Waals surface area contributed by atoms with Gasteiger partial charge in [0.05, 0.1) is 12.5 Å². The Hall–Kier alpha value is 0.270. The van der Waals surface area contributed by atoms with Gasteiger partial charge in [-0.15, -0.1) is 0 Å². The minimum absolute atomic E-state index is 0.611. The van der Waals surface area contributed by atoms with Crippen LogP contribution in [0, 0.1) is 0 Å². The summed E-state index contributed by atoms with van der Waals surface area (Å²) in [6, 6.07) is 0. The second-order valence-corrected chi connectivity index (χ2v) is 3.84. The van der Waals surface area contributed by atoms with Crippen molar-refractivity contribution in [1.82, 2.24) is 4.90 Å². The molecule has 0 saturated carbocycles. The van der Waals surface area contributed by atoms with Gasteiger partial charge < -0.3 is 9.45 Å². The maximum atomic E-state index is 9.56. The van der Waals surface area contributed by atoms with Crippen LogP contribution in [-0.4, -0.2) is 41.6 Å². The Kier molecular flexibility index (Phi) is 12.9. The lowest BCUT2D eigenvalue weighted by molar-refractivity contribution is 0.321. The van der Waals surface area contributed by atoms with Crippen LogP contribution in [0.15, 0.2) is 0 Å². The highest BCUT2D eigenvalue weighted by Gasteiger charge is 1.89. The van der Waals surface area contributed by atoms with Gasteiger partial charge in [0.1, 0.15) is 0 Å². The van der Waals surface area contributed by atoms with Crippen molar-refractivity contribution in [2.75, 3.05) is 32.1 Å². The summed E-state index contributed by atoms with van der Waals surface area (Å²) >= 11 is -0.611. The van der Waals surface area contributed by atoms with Gasteiger partial charge in [-0.1, -0.05) is 31.9 Å². The highest BCUT2D eigenvalue weighted by atomic mass is 32.2. The van der Waals surface area contributed by atoms with Crippen LogP contribution >= 0.6 is 0 Å². The number of hydrogen-bond donors (Lipinski definition) is 0. The van der Waals surface area contributed by atoms with Crippen LogP contribution in [-0.2, 0) is 11.2 Å². The first-order valence-corrected chi connectivity index (χ1v) is 6.02. The summed E-state index contributed by atoms with van der Waals surface area (Å²) < 4.78 is 9.56. The van der Waals surface area contributed by atoms with Crippen molar-refractivity contribution in [2.24, 2.45) is 0 Å². The first-order chi connectivity index (χ1) is 5.08. The maximum absolute atomic E-state index is 9.56. The third kappa shape index (κ3) is 17.9. The Bertz CT molecular complexity index is 56.8. The van der Waals surface area contributed by atoms with E-state index in [2.05, 4.69) is 25.7 Å². The molecule has 0 bridgehead atoms. The van der Waals surface area contributed by atoms with E-state index < -0.39 is 11.2 Å². The van der Waals surface area contributed by atoms with E-state index in [1.165, 1.54) is 19.6 Å². The molecular weight excluding hydrogens is 158 g/mol. The van der Waals surface area contributed by atoms with E-state index in [4.69, 9.17) is 0 Å². The molecule has 0 fully saturated rings. The molecule has 0 radical (unpaired) electrons. The molecule has 3 heteroatoms. The smallest absolute Gasteiger partial charge is 0.0946 e. The maximum Gasteiger partial charge on any atom is 0.0946 e. The fraction of sp³-hybridized carbons (Fsp3) is 1.00. The van der Waals surface area contributed by atoms with Gasteiger partial charge in [-0.25, -0.2) is 0 Å². The molecule has 2 nitrogen and oxygen atoms in total. The van der Waals surface area contributed by atoms with Crippen molar-refractivity contribution >= 4 is 11.2 Å². The average molecular weight is 179 g/mol. The quantitative estimate of drug-likeness (QED) is 0.611. The molecule has 0 aromatic carbocycles. The molecule has 0 atom stereocenters. The zero-order valence-corrected chi connectivity index (χ0v) is 9.20. The summed E-state index contributed by atoms with van der Waals surface area (Å²) in [5.74, 6) is 0. The lowest BCUT2D eigenvalue weighted by atomic mass is 10.5. The van der Waals surface area contributed by atoms with Crippen LogP contribution in [0.25, 0.3) is 0 Å². The van der Waals surface area contributed by atoms with Crippen molar-refractivity contribution in [1.29, 1.82) is 0 Å². The van der Waals surface area contributed by atoms with Crippen LogP contribution in [0.2, 0.25) is 0 Å². The standard InChI is InChI=1S/C6H15N.C2H6OS/c1-4-7(5-2)6-3;1-4(2)3/h4-6H2,1-3H3;1-2H3. The third-order valence-corrected chi connectivity index (χ3v) is 1.34. The monoisotopic (exact) mass is 179 g/mol. The summed E-state index contributed by atoms with van der Waals surface area (Å²) in [5, 5.41) is 0. The molecule has 0 heterocycles. The van der Waals surface area contributed by atoms with E-state index in [-0.39, 0.29) is 0 Å². The molecule has 0 aliphatic heterocycles. The first kappa shape index (κ1) is 13.8. The largest absolute Gasteiger partial charge is 0.617 e. The normalized spacial score (nSPS) is 9.82. The molecule has 70 valence electrons. The fourth-order valence-electron chi connectivity index (χ4n) is 0.671. The van der Waals surface area contributed by atoms with E-state index in [0.717, 1.165) is 0 Å². The van der Waals surface area contributed by atoms with Gasteiger partial charge in [-0.2, -0.15) is 0 Å². The van der Waals surface area contributed by atoms with Crippen molar-refractivity contribution in [2.45, 2.75) is 20.8 Å². The molecule has 0 aliphatic rings. The summed E-state index contributed by atoms with van der Waals surface area (Å²) in [6.07, 6.45) is 3.28. The Morgan fingerprint density at radius 2 is 1.18 bits per heavy atom. The summed E-state index contributed by atoms with van der Waals surface area (Å²) in [6.45, 7) is 10.1. The first-order valence-electron chi connectivity index (χ1n) is 4.05. The molecule has 0 aromatic heterocycles. The third-order valence-electron chi connectivity index (χ3n) is 1.34. The number of nitrogens with zero attached hydrogens (tertiary/aromatic N) is 1. The van der Waals surface area contributed by atoms with Gasteiger partial charge >= 0.3 is 0 Å². The van der Waals surface area contributed by atoms with E-state index in [9.17, 15) is 4.55 Å². The van der Waals surface area contributed by atoms with Gasteiger partial charge in [0.25, 0.3) is 0 Å². The van der Waals surface area contributed by atoms with Crippen molar-refractivity contribution < 1.29 is 4.55 Å². The predicted molar refractivity (Wildman–Crippen MR) is 53.5 cm³/mol. The predicted octanol–water partition coefficient (Wildman–Crippen LogP) is 1.34. The van der Waals surface area contributed by atoms with Gasteiger partial charge in [0.15, 0.2) is 0 Å². The molecule has 0 aliphatic carbocycles. The van der Waals surface area contributed by atoms with Gasteiger partial charge in [0, 0.05) is 0 Å². The zero-order chi connectivity index (χ0) is 9.28. The molecule has 11 heavy (non-hydrogen) atoms. The fourth-order valence-corrected chi connectivity index (χ4v) is 0.671. The highest BCUT2D eigenvalue weighted by Crippen LogP contribution is 1.81. The minimum atomic E-state index is -0.611. The Morgan fingerprint density at radius 3 is 1.18 bits per heavy atom. The molecule has 0 rings (SSSR count). The molecule has 0 amide bonds. The van der Waals surface area contributed by atoms with E-state index in [0.29, 0.717) is 0 Å². The van der Waals surface area contributed by atoms with Crippen LogP contribution in [0.4, 0.5) is 0 Å². The molecular formula is C8H21NOS. The highest BCUT2D eigenvalue weighted by molar-refractivity contribution is 7.89. The second kappa shape index (κ2) is 10.3. The van der Waals surface area contributed by atoms with Crippen LogP contribution in [0.1, 0.15) is 20.8 Å². The van der Waals surface area contributed by atoms with Crippen LogP contribution in [0.3, 0.4) is 0 Å². The van der Waals surface area contributed by atoms with E-state index in [1.807, 2.05) is 0 Å². The van der Waals surface area contributed by atoms with Gasteiger partial charge in [-0.3, -0.25) is 0 Å². The minimum Gasteiger partial charge on any atom is -0.617 e. The van der Waals surface area contributed by atoms with Crippen LogP contribution in [0.5, 0.6) is 0 Å².